The van der Waals surface area contributed by atoms with Gasteiger partial charge in [-0.25, -0.2) is 4.79 Å². The van der Waals surface area contributed by atoms with Gasteiger partial charge in [0.1, 0.15) is 0 Å². The summed E-state index contributed by atoms with van der Waals surface area (Å²) in [4.78, 5) is 51.7. The van der Waals surface area contributed by atoms with Crippen molar-refractivity contribution in [2.75, 3.05) is 16.8 Å². The Bertz CT molecular complexity index is 1140. The minimum atomic E-state index is -0.654. The lowest BCUT2D eigenvalue weighted by Gasteiger charge is -2.17. The van der Waals surface area contributed by atoms with Crippen molar-refractivity contribution >= 4 is 35.1 Å². The van der Waals surface area contributed by atoms with E-state index >= 15 is 0 Å². The predicted octanol–water partition coefficient (Wildman–Crippen LogP) is 3.36. The number of rotatable bonds is 6. The van der Waals surface area contributed by atoms with E-state index < -0.39 is 18.5 Å². The molecular weight excluding hydrogens is 420 g/mol. The van der Waals surface area contributed by atoms with E-state index in [1.165, 1.54) is 17.0 Å². The molecule has 0 radical (unpaired) electrons. The quantitative estimate of drug-likeness (QED) is 0.419. The molecule has 0 aromatic heterocycles. The number of carbonyl (C=O) groups excluding carboxylic acids is 4. The Labute approximate surface area is 191 Å². The number of esters is 1. The fraction of sp³-hybridized carbons (Fsp3) is 0.308. The molecule has 7 heteroatoms. The van der Waals surface area contributed by atoms with E-state index in [0.29, 0.717) is 11.4 Å². The van der Waals surface area contributed by atoms with Gasteiger partial charge in [-0.2, -0.15) is 0 Å². The number of amides is 3. The molecule has 7 nitrogen and oxygen atoms in total. The van der Waals surface area contributed by atoms with Crippen LogP contribution in [0.1, 0.15) is 29.3 Å². The molecule has 2 fully saturated rings. The van der Waals surface area contributed by atoms with E-state index in [2.05, 4.69) is 17.5 Å². The first-order chi connectivity index (χ1) is 16.0. The molecule has 0 unspecified atom stereocenters. The Morgan fingerprint density at radius 3 is 2.24 bits per heavy atom. The van der Waals surface area contributed by atoms with Gasteiger partial charge in [0.2, 0.25) is 11.8 Å². The number of aryl methyl sites for hydroxylation is 1. The topological polar surface area (TPSA) is 92.8 Å². The molecule has 2 aromatic carbocycles. The van der Waals surface area contributed by atoms with Crippen LogP contribution in [0.3, 0.4) is 0 Å². The zero-order valence-electron chi connectivity index (χ0n) is 18.2. The number of hydrogen-bond donors (Lipinski definition) is 1. The number of imide groups is 1. The van der Waals surface area contributed by atoms with Crippen molar-refractivity contribution in [3.8, 4) is 0 Å². The predicted molar refractivity (Wildman–Crippen MR) is 121 cm³/mol. The van der Waals surface area contributed by atoms with E-state index in [1.54, 1.807) is 18.2 Å². The summed E-state index contributed by atoms with van der Waals surface area (Å²) in [6.45, 7) is 1.58. The summed E-state index contributed by atoms with van der Waals surface area (Å²) < 4.78 is 5.13. The SMILES string of the molecule is CCc1ccccc1NC(=O)COC(=O)c1ccc(N2C(=O)[C@H]3[C@H](C2=O)[C@H]2C=C[C@H]3C2)cc1. The molecule has 2 aromatic rings. The first-order valence-electron chi connectivity index (χ1n) is 11.2. The standard InChI is InChI=1S/C26H24N2O5/c1-2-15-5-3-4-6-20(15)27-21(29)14-33-26(32)16-9-11-19(12-10-16)28-24(30)22-17-7-8-18(13-17)23(22)25(28)31/h3-12,17-18,22-23H,2,13-14H2,1H3,(H,27,29)/t17-,18-,22+,23+/m0/s1. The molecule has 3 amide bonds. The summed E-state index contributed by atoms with van der Waals surface area (Å²) in [5.74, 6) is -1.66. The second kappa shape index (κ2) is 8.31. The highest BCUT2D eigenvalue weighted by Crippen LogP contribution is 2.53. The molecule has 0 spiro atoms. The van der Waals surface area contributed by atoms with Crippen LogP contribution in [0.2, 0.25) is 0 Å². The first-order valence-corrected chi connectivity index (χ1v) is 11.2. The van der Waals surface area contributed by atoms with Crippen LogP contribution in [-0.2, 0) is 25.5 Å². The first kappa shape index (κ1) is 21.1. The molecule has 1 aliphatic heterocycles. The van der Waals surface area contributed by atoms with Gasteiger partial charge in [0.05, 0.1) is 23.1 Å². The molecular formula is C26H24N2O5. The lowest BCUT2D eigenvalue weighted by atomic mass is 9.85. The highest BCUT2D eigenvalue weighted by molar-refractivity contribution is 6.22. The van der Waals surface area contributed by atoms with E-state index in [1.807, 2.05) is 25.1 Å². The number of nitrogens with one attached hydrogen (secondary N) is 1. The van der Waals surface area contributed by atoms with Gasteiger partial charge in [-0.05, 0) is 60.6 Å². The Morgan fingerprint density at radius 2 is 1.61 bits per heavy atom. The summed E-state index contributed by atoms with van der Waals surface area (Å²) in [5.41, 5.74) is 2.37. The third-order valence-electron chi connectivity index (χ3n) is 6.84. The third-order valence-corrected chi connectivity index (χ3v) is 6.84. The number of fused-ring (bicyclic) bond motifs is 5. The fourth-order valence-electron chi connectivity index (χ4n) is 5.25. The molecule has 2 bridgehead atoms. The minimum Gasteiger partial charge on any atom is -0.452 e. The second-order valence-corrected chi connectivity index (χ2v) is 8.69. The van der Waals surface area contributed by atoms with Crippen LogP contribution < -0.4 is 10.2 Å². The molecule has 1 N–H and O–H groups in total. The maximum Gasteiger partial charge on any atom is 0.338 e. The molecule has 33 heavy (non-hydrogen) atoms. The number of benzene rings is 2. The maximum atomic E-state index is 12.9. The van der Waals surface area contributed by atoms with Crippen molar-refractivity contribution in [2.45, 2.75) is 19.8 Å². The molecule has 1 heterocycles. The third kappa shape index (κ3) is 3.63. The number of nitrogens with zero attached hydrogens (tertiary/aromatic N) is 1. The van der Waals surface area contributed by atoms with Gasteiger partial charge < -0.3 is 10.1 Å². The van der Waals surface area contributed by atoms with Gasteiger partial charge in [0.15, 0.2) is 6.61 Å². The number of para-hydroxylation sites is 1. The minimum absolute atomic E-state index is 0.145. The number of allylic oxidation sites excluding steroid dienone is 2. The number of ether oxygens (including phenoxy) is 1. The van der Waals surface area contributed by atoms with Crippen LogP contribution in [0.5, 0.6) is 0 Å². The van der Waals surface area contributed by atoms with Crippen LogP contribution in [0.25, 0.3) is 0 Å². The van der Waals surface area contributed by atoms with Gasteiger partial charge in [0.25, 0.3) is 5.91 Å². The van der Waals surface area contributed by atoms with Crippen molar-refractivity contribution in [3.63, 3.8) is 0 Å². The zero-order chi connectivity index (χ0) is 23.1. The summed E-state index contributed by atoms with van der Waals surface area (Å²) in [6.07, 6.45) is 5.75. The largest absolute Gasteiger partial charge is 0.452 e. The Balaban J connectivity index is 1.20. The van der Waals surface area contributed by atoms with E-state index in [0.717, 1.165) is 18.4 Å². The van der Waals surface area contributed by atoms with Crippen LogP contribution >= 0.6 is 0 Å². The van der Waals surface area contributed by atoms with Crippen molar-refractivity contribution < 1.29 is 23.9 Å². The summed E-state index contributed by atoms with van der Waals surface area (Å²) in [6, 6.07) is 13.6. The zero-order valence-corrected chi connectivity index (χ0v) is 18.2. The molecule has 3 aliphatic rings. The van der Waals surface area contributed by atoms with E-state index in [-0.39, 0.29) is 41.0 Å². The fourth-order valence-corrected chi connectivity index (χ4v) is 5.25. The highest BCUT2D eigenvalue weighted by Gasteiger charge is 2.59. The molecule has 4 atom stereocenters. The highest BCUT2D eigenvalue weighted by atomic mass is 16.5. The lowest BCUT2D eigenvalue weighted by molar-refractivity contribution is -0.123. The molecule has 1 saturated heterocycles. The van der Waals surface area contributed by atoms with Crippen LogP contribution in [0.15, 0.2) is 60.7 Å². The van der Waals surface area contributed by atoms with Crippen LogP contribution in [0.4, 0.5) is 11.4 Å². The smallest absolute Gasteiger partial charge is 0.338 e. The van der Waals surface area contributed by atoms with Crippen molar-refractivity contribution in [3.05, 3.63) is 71.8 Å². The van der Waals surface area contributed by atoms with E-state index in [4.69, 9.17) is 4.74 Å². The summed E-state index contributed by atoms with van der Waals surface area (Å²) in [7, 11) is 0. The van der Waals surface area contributed by atoms with Crippen molar-refractivity contribution in [2.24, 2.45) is 23.7 Å². The number of hydrogen-bond acceptors (Lipinski definition) is 5. The summed E-state index contributed by atoms with van der Waals surface area (Å²) >= 11 is 0. The van der Waals surface area contributed by atoms with Gasteiger partial charge in [-0.15, -0.1) is 0 Å². The van der Waals surface area contributed by atoms with Crippen molar-refractivity contribution in [1.29, 1.82) is 0 Å². The monoisotopic (exact) mass is 444 g/mol. The van der Waals surface area contributed by atoms with E-state index in [9.17, 15) is 19.2 Å². The van der Waals surface area contributed by atoms with Crippen LogP contribution in [-0.4, -0.2) is 30.3 Å². The lowest BCUT2D eigenvalue weighted by Crippen LogP contribution is -2.32. The average Bonchev–Trinajstić information content (AvgIpc) is 3.51. The second-order valence-electron chi connectivity index (χ2n) is 8.69. The summed E-state index contributed by atoms with van der Waals surface area (Å²) in [5, 5.41) is 2.75. The molecule has 1 saturated carbocycles. The van der Waals surface area contributed by atoms with Gasteiger partial charge in [-0.1, -0.05) is 37.3 Å². The van der Waals surface area contributed by atoms with Gasteiger partial charge in [0, 0.05) is 5.69 Å². The Kier molecular flexibility index (Phi) is 5.32. The van der Waals surface area contributed by atoms with Gasteiger partial charge >= 0.3 is 5.97 Å². The Hall–Kier alpha value is -3.74. The average molecular weight is 444 g/mol. The van der Waals surface area contributed by atoms with Crippen LogP contribution in [0, 0.1) is 23.7 Å². The molecule has 5 rings (SSSR count). The molecule has 2 aliphatic carbocycles. The van der Waals surface area contributed by atoms with Gasteiger partial charge in [-0.3, -0.25) is 19.3 Å². The number of carbonyl (C=O) groups is 4. The Morgan fingerprint density at radius 1 is 0.970 bits per heavy atom. The molecule has 168 valence electrons. The number of anilines is 2. The van der Waals surface area contributed by atoms with Crippen molar-refractivity contribution in [1.82, 2.24) is 0 Å². The maximum absolute atomic E-state index is 12.9. The normalized spacial score (nSPS) is 24.8.